The molecule has 0 saturated carbocycles. The second-order valence-electron chi connectivity index (χ2n) is 5.32. The zero-order valence-electron chi connectivity index (χ0n) is 11.1. The van der Waals surface area contributed by atoms with E-state index in [1.807, 2.05) is 24.4 Å². The van der Waals surface area contributed by atoms with Crippen LogP contribution >= 0.6 is 0 Å². The van der Waals surface area contributed by atoms with Crippen LogP contribution in [-0.4, -0.2) is 39.3 Å². The quantitative estimate of drug-likeness (QED) is 0.709. The molecule has 3 aromatic rings. The zero-order chi connectivity index (χ0) is 13.5. The highest BCUT2D eigenvalue weighted by molar-refractivity contribution is 6.05. The smallest absolute Gasteiger partial charge is 0.227 e. The fourth-order valence-electron chi connectivity index (χ4n) is 2.84. The third-order valence-electron chi connectivity index (χ3n) is 3.99. The van der Waals surface area contributed by atoms with Gasteiger partial charge in [-0.25, -0.2) is 4.98 Å². The number of nitrogens with zero attached hydrogens (tertiary/aromatic N) is 3. The van der Waals surface area contributed by atoms with Crippen LogP contribution in [0.1, 0.15) is 12.8 Å². The average Bonchev–Trinajstić information content (AvgIpc) is 2.85. The van der Waals surface area contributed by atoms with E-state index in [0.717, 1.165) is 53.8 Å². The first-order chi connectivity index (χ1) is 9.81. The highest BCUT2D eigenvalue weighted by Gasteiger charge is 2.19. The molecule has 20 heavy (non-hydrogen) atoms. The third-order valence-corrected chi connectivity index (χ3v) is 3.99. The van der Waals surface area contributed by atoms with Gasteiger partial charge in [0.25, 0.3) is 0 Å². The van der Waals surface area contributed by atoms with Crippen LogP contribution in [0.25, 0.3) is 21.9 Å². The number of hydrogen-bond acceptors (Lipinski definition) is 4. The summed E-state index contributed by atoms with van der Waals surface area (Å²) in [5.74, 6) is 0.746. The summed E-state index contributed by atoms with van der Waals surface area (Å²) in [4.78, 5) is 14.6. The monoisotopic (exact) mass is 268 g/mol. The van der Waals surface area contributed by atoms with Crippen LogP contribution < -0.4 is 4.90 Å². The summed E-state index contributed by atoms with van der Waals surface area (Å²) in [6, 6.07) is 8.16. The van der Waals surface area contributed by atoms with Crippen LogP contribution in [0.5, 0.6) is 0 Å². The van der Waals surface area contributed by atoms with E-state index in [2.05, 4.69) is 25.9 Å². The minimum absolute atomic E-state index is 0.178. The minimum atomic E-state index is -0.178. The SMILES string of the molecule is OC1CCN(c2ncc3c(n2)[nH]c2ccccc23)CC1. The Morgan fingerprint density at radius 2 is 1.95 bits per heavy atom. The predicted octanol–water partition coefficient (Wildman–Crippen LogP) is 2.07. The van der Waals surface area contributed by atoms with Gasteiger partial charge >= 0.3 is 0 Å². The minimum Gasteiger partial charge on any atom is -0.393 e. The van der Waals surface area contributed by atoms with E-state index < -0.39 is 0 Å². The second kappa shape index (κ2) is 4.45. The molecule has 1 aliphatic heterocycles. The molecule has 1 fully saturated rings. The van der Waals surface area contributed by atoms with Crippen molar-refractivity contribution in [2.75, 3.05) is 18.0 Å². The van der Waals surface area contributed by atoms with Crippen LogP contribution in [0, 0.1) is 0 Å². The van der Waals surface area contributed by atoms with Gasteiger partial charge in [0.05, 0.1) is 6.10 Å². The molecule has 0 amide bonds. The van der Waals surface area contributed by atoms with E-state index in [-0.39, 0.29) is 6.10 Å². The van der Waals surface area contributed by atoms with Crippen molar-refractivity contribution in [3.8, 4) is 0 Å². The van der Waals surface area contributed by atoms with E-state index in [0.29, 0.717) is 0 Å². The number of anilines is 1. The van der Waals surface area contributed by atoms with Gasteiger partial charge in [0.1, 0.15) is 5.65 Å². The molecule has 4 rings (SSSR count). The van der Waals surface area contributed by atoms with Gasteiger partial charge in [0, 0.05) is 35.6 Å². The fourth-order valence-corrected chi connectivity index (χ4v) is 2.84. The molecule has 1 aromatic carbocycles. The Kier molecular flexibility index (Phi) is 2.60. The number of aromatic nitrogens is 3. The summed E-state index contributed by atoms with van der Waals surface area (Å²) in [7, 11) is 0. The summed E-state index contributed by atoms with van der Waals surface area (Å²) in [6.07, 6.45) is 3.28. The van der Waals surface area contributed by atoms with Crippen molar-refractivity contribution in [3.63, 3.8) is 0 Å². The van der Waals surface area contributed by atoms with Gasteiger partial charge in [-0.3, -0.25) is 0 Å². The Morgan fingerprint density at radius 1 is 1.15 bits per heavy atom. The van der Waals surface area contributed by atoms with Crippen molar-refractivity contribution in [1.82, 2.24) is 15.0 Å². The molecule has 102 valence electrons. The maximum absolute atomic E-state index is 9.57. The molecule has 1 aliphatic rings. The van der Waals surface area contributed by atoms with E-state index in [4.69, 9.17) is 0 Å². The van der Waals surface area contributed by atoms with E-state index in [9.17, 15) is 5.11 Å². The standard InChI is InChI=1S/C15H16N4O/c20-10-5-7-19(8-6-10)15-16-9-12-11-3-1-2-4-13(11)17-14(12)18-15/h1-4,9-10,20H,5-8H2,(H,16,17,18). The van der Waals surface area contributed by atoms with Crippen LogP contribution in [0.3, 0.4) is 0 Å². The number of piperidine rings is 1. The number of aliphatic hydroxyl groups excluding tert-OH is 1. The number of H-pyrrole nitrogens is 1. The number of nitrogens with one attached hydrogen (secondary N) is 1. The molecule has 0 aliphatic carbocycles. The van der Waals surface area contributed by atoms with Crippen LogP contribution in [0.15, 0.2) is 30.5 Å². The lowest BCUT2D eigenvalue weighted by Gasteiger charge is -2.29. The summed E-state index contributed by atoms with van der Waals surface area (Å²) in [5, 5.41) is 11.8. The molecular weight excluding hydrogens is 252 g/mol. The number of aromatic amines is 1. The molecule has 2 aromatic heterocycles. The van der Waals surface area contributed by atoms with Crippen molar-refractivity contribution >= 4 is 27.9 Å². The van der Waals surface area contributed by atoms with Crippen LogP contribution in [0.2, 0.25) is 0 Å². The topological polar surface area (TPSA) is 65.0 Å². The molecule has 0 unspecified atom stereocenters. The predicted molar refractivity (Wildman–Crippen MR) is 78.8 cm³/mol. The summed E-state index contributed by atoms with van der Waals surface area (Å²) >= 11 is 0. The average molecular weight is 268 g/mol. The van der Waals surface area contributed by atoms with Gasteiger partial charge in [-0.1, -0.05) is 18.2 Å². The van der Waals surface area contributed by atoms with Crippen molar-refractivity contribution in [3.05, 3.63) is 30.5 Å². The van der Waals surface area contributed by atoms with Gasteiger partial charge < -0.3 is 15.0 Å². The lowest BCUT2D eigenvalue weighted by atomic mass is 10.1. The molecule has 0 bridgehead atoms. The molecule has 2 N–H and O–H groups in total. The summed E-state index contributed by atoms with van der Waals surface area (Å²) < 4.78 is 0. The van der Waals surface area contributed by atoms with Crippen molar-refractivity contribution in [1.29, 1.82) is 0 Å². The molecule has 0 spiro atoms. The first-order valence-electron chi connectivity index (χ1n) is 6.98. The first-order valence-corrected chi connectivity index (χ1v) is 6.98. The molecular formula is C15H16N4O. The summed E-state index contributed by atoms with van der Waals surface area (Å²) in [6.45, 7) is 1.62. The maximum atomic E-state index is 9.57. The molecule has 5 nitrogen and oxygen atoms in total. The molecule has 5 heteroatoms. The number of hydrogen-bond donors (Lipinski definition) is 2. The largest absolute Gasteiger partial charge is 0.393 e. The van der Waals surface area contributed by atoms with Crippen LogP contribution in [-0.2, 0) is 0 Å². The number of aliphatic hydroxyl groups is 1. The molecule has 3 heterocycles. The Bertz CT molecular complexity index is 759. The Morgan fingerprint density at radius 3 is 2.80 bits per heavy atom. The Labute approximate surface area is 116 Å². The molecule has 0 atom stereocenters. The lowest BCUT2D eigenvalue weighted by molar-refractivity contribution is 0.145. The van der Waals surface area contributed by atoms with Gasteiger partial charge in [0.15, 0.2) is 0 Å². The number of fused-ring (bicyclic) bond motifs is 3. The van der Waals surface area contributed by atoms with E-state index in [1.54, 1.807) is 0 Å². The van der Waals surface area contributed by atoms with Crippen molar-refractivity contribution < 1.29 is 5.11 Å². The van der Waals surface area contributed by atoms with Crippen molar-refractivity contribution in [2.45, 2.75) is 18.9 Å². The number of rotatable bonds is 1. The lowest BCUT2D eigenvalue weighted by Crippen LogP contribution is -2.36. The third kappa shape index (κ3) is 1.82. The number of para-hydroxylation sites is 1. The number of benzene rings is 1. The molecule has 0 radical (unpaired) electrons. The first kappa shape index (κ1) is 11.7. The normalized spacial score (nSPS) is 17.1. The van der Waals surface area contributed by atoms with Gasteiger partial charge in [-0.2, -0.15) is 4.98 Å². The van der Waals surface area contributed by atoms with Crippen molar-refractivity contribution in [2.24, 2.45) is 0 Å². The fraction of sp³-hybridized carbons (Fsp3) is 0.333. The molecule has 1 saturated heterocycles. The van der Waals surface area contributed by atoms with E-state index in [1.165, 1.54) is 0 Å². The maximum Gasteiger partial charge on any atom is 0.227 e. The van der Waals surface area contributed by atoms with Gasteiger partial charge in [0.2, 0.25) is 5.95 Å². The van der Waals surface area contributed by atoms with E-state index >= 15 is 0 Å². The Hall–Kier alpha value is -2.14. The zero-order valence-corrected chi connectivity index (χ0v) is 11.1. The highest BCUT2D eigenvalue weighted by atomic mass is 16.3. The highest BCUT2D eigenvalue weighted by Crippen LogP contribution is 2.25. The van der Waals surface area contributed by atoms with Crippen LogP contribution in [0.4, 0.5) is 5.95 Å². The van der Waals surface area contributed by atoms with Gasteiger partial charge in [-0.05, 0) is 18.9 Å². The Balaban J connectivity index is 1.77. The second-order valence-corrected chi connectivity index (χ2v) is 5.32. The summed E-state index contributed by atoms with van der Waals surface area (Å²) in [5.41, 5.74) is 1.96. The van der Waals surface area contributed by atoms with Gasteiger partial charge in [-0.15, -0.1) is 0 Å².